The summed E-state index contributed by atoms with van der Waals surface area (Å²) in [4.78, 5) is 12.4. The van der Waals surface area contributed by atoms with E-state index in [9.17, 15) is 14.9 Å². The van der Waals surface area contributed by atoms with Crippen LogP contribution in [0.2, 0.25) is 5.82 Å². The molecule has 0 bridgehead atoms. The lowest BCUT2D eigenvalue weighted by atomic mass is 9.77. The van der Waals surface area contributed by atoms with E-state index < -0.39 is 13.1 Å². The Kier molecular flexibility index (Phi) is 3.35. The van der Waals surface area contributed by atoms with Crippen molar-refractivity contribution < 1.29 is 19.6 Å². The van der Waals surface area contributed by atoms with Crippen molar-refractivity contribution in [3.63, 3.8) is 0 Å². The smallest absolute Gasteiger partial charge is 0.526 e. The number of carbonyl (C=O) groups is 1. The minimum absolute atomic E-state index is 0.102. The molecule has 6 nitrogen and oxygen atoms in total. The van der Waals surface area contributed by atoms with Gasteiger partial charge in [-0.25, -0.2) is 4.79 Å². The number of rotatable bonds is 4. The SMILES string of the molecule is N=C(N)C1CC(Sc2ccc3c(c2C(=O)O)OB(O)C2CC32)C1. The zero-order chi connectivity index (χ0) is 16.3. The normalized spacial score (nSPS) is 30.6. The largest absolute Gasteiger partial charge is 0.535 e. The molecule has 1 aliphatic heterocycles. The van der Waals surface area contributed by atoms with Crippen molar-refractivity contribution in [2.75, 3.05) is 0 Å². The van der Waals surface area contributed by atoms with Gasteiger partial charge in [0.25, 0.3) is 0 Å². The predicted octanol–water partition coefficient (Wildman–Crippen LogP) is 1.92. The van der Waals surface area contributed by atoms with E-state index in [0.29, 0.717) is 10.6 Å². The van der Waals surface area contributed by atoms with Crippen molar-refractivity contribution in [3.05, 3.63) is 23.3 Å². The van der Waals surface area contributed by atoms with Gasteiger partial charge in [-0.2, -0.15) is 0 Å². The minimum atomic E-state index is -1.03. The molecule has 120 valence electrons. The first-order valence-electron chi connectivity index (χ1n) is 7.71. The Balaban J connectivity index is 1.62. The summed E-state index contributed by atoms with van der Waals surface area (Å²) in [5.41, 5.74) is 6.55. The number of nitrogens with one attached hydrogen (secondary N) is 1. The van der Waals surface area contributed by atoms with Crippen LogP contribution >= 0.6 is 11.8 Å². The number of fused-ring (bicyclic) bond motifs is 3. The van der Waals surface area contributed by atoms with E-state index in [1.54, 1.807) is 0 Å². The third-order valence-corrected chi connectivity index (χ3v) is 6.35. The van der Waals surface area contributed by atoms with Gasteiger partial charge in [-0.1, -0.05) is 6.07 Å². The molecule has 3 aliphatic rings. The first-order chi connectivity index (χ1) is 11.0. The number of amidine groups is 1. The van der Waals surface area contributed by atoms with E-state index in [1.165, 1.54) is 11.8 Å². The molecule has 2 fully saturated rings. The van der Waals surface area contributed by atoms with Gasteiger partial charge in [0.05, 0.1) is 5.84 Å². The average molecular weight is 332 g/mol. The number of carboxylic acid groups (broad SMARTS) is 1. The summed E-state index contributed by atoms with van der Waals surface area (Å²) >= 11 is 1.50. The van der Waals surface area contributed by atoms with Gasteiger partial charge >= 0.3 is 13.1 Å². The fourth-order valence-corrected chi connectivity index (χ4v) is 4.95. The van der Waals surface area contributed by atoms with Crippen LogP contribution in [0.3, 0.4) is 0 Å². The van der Waals surface area contributed by atoms with Gasteiger partial charge in [0, 0.05) is 21.9 Å². The van der Waals surface area contributed by atoms with Crippen LogP contribution in [0, 0.1) is 11.3 Å². The Morgan fingerprint density at radius 1 is 1.39 bits per heavy atom. The topological polar surface area (TPSA) is 117 Å². The van der Waals surface area contributed by atoms with E-state index in [0.717, 1.165) is 24.8 Å². The zero-order valence-electron chi connectivity index (χ0n) is 12.4. The van der Waals surface area contributed by atoms with Crippen LogP contribution < -0.4 is 10.4 Å². The van der Waals surface area contributed by atoms with Crippen molar-refractivity contribution in [1.82, 2.24) is 0 Å². The third-order valence-electron chi connectivity index (χ3n) is 5.04. The summed E-state index contributed by atoms with van der Waals surface area (Å²) in [5, 5.41) is 27.3. The minimum Gasteiger partial charge on any atom is -0.535 e. The molecule has 2 unspecified atom stereocenters. The highest BCUT2D eigenvalue weighted by Gasteiger charge is 2.54. The van der Waals surface area contributed by atoms with Gasteiger partial charge in [0.15, 0.2) is 0 Å². The first kappa shape index (κ1) is 14.9. The fraction of sp³-hybridized carbons (Fsp3) is 0.467. The number of nitrogens with two attached hydrogens (primary N) is 1. The Hall–Kier alpha value is -1.67. The summed E-state index contributed by atoms with van der Waals surface area (Å²) < 4.78 is 5.52. The molecule has 1 aromatic carbocycles. The predicted molar refractivity (Wildman–Crippen MR) is 87.4 cm³/mol. The lowest BCUT2D eigenvalue weighted by Crippen LogP contribution is -2.36. The standard InChI is InChI=1S/C15H17BN2O4S/c17-14(18)6-3-7(4-6)23-11-2-1-8-9-5-10(9)16(21)22-13(8)12(11)15(19)20/h1-2,6-7,9-10,21H,3-5H2,(H3,17,18)(H,19,20). The molecular weight excluding hydrogens is 315 g/mol. The van der Waals surface area contributed by atoms with Gasteiger partial charge < -0.3 is 20.5 Å². The second-order valence-corrected chi connectivity index (χ2v) is 7.88. The van der Waals surface area contributed by atoms with Crippen molar-refractivity contribution >= 4 is 30.7 Å². The Morgan fingerprint density at radius 3 is 2.78 bits per heavy atom. The molecule has 1 aromatic rings. The van der Waals surface area contributed by atoms with E-state index in [2.05, 4.69) is 0 Å². The lowest BCUT2D eigenvalue weighted by molar-refractivity contribution is 0.0690. The molecule has 2 atom stereocenters. The molecule has 23 heavy (non-hydrogen) atoms. The van der Waals surface area contributed by atoms with Crippen LogP contribution in [0.5, 0.6) is 5.75 Å². The number of benzene rings is 1. The fourth-order valence-electron chi connectivity index (χ4n) is 3.49. The maximum atomic E-state index is 11.8. The Labute approximate surface area is 138 Å². The summed E-state index contributed by atoms with van der Waals surface area (Å²) in [7, 11) is -0.906. The highest BCUT2D eigenvalue weighted by Crippen LogP contribution is 2.61. The lowest BCUT2D eigenvalue weighted by Gasteiger charge is -2.34. The van der Waals surface area contributed by atoms with Crippen LogP contribution in [-0.2, 0) is 0 Å². The zero-order valence-corrected chi connectivity index (χ0v) is 13.2. The molecule has 5 N–H and O–H groups in total. The van der Waals surface area contributed by atoms with Crippen LogP contribution in [0.4, 0.5) is 0 Å². The number of aromatic carboxylic acids is 1. The number of thioether (sulfide) groups is 1. The van der Waals surface area contributed by atoms with Gasteiger partial charge in [-0.05, 0) is 36.8 Å². The average Bonchev–Trinajstić information content (AvgIpc) is 3.22. The maximum absolute atomic E-state index is 11.8. The van der Waals surface area contributed by atoms with E-state index >= 15 is 0 Å². The highest BCUT2D eigenvalue weighted by molar-refractivity contribution is 8.00. The van der Waals surface area contributed by atoms with Gasteiger partial charge in [0.2, 0.25) is 0 Å². The molecule has 4 rings (SSSR count). The van der Waals surface area contributed by atoms with Crippen LogP contribution in [-0.4, -0.2) is 34.3 Å². The van der Waals surface area contributed by atoms with E-state index in [1.807, 2.05) is 12.1 Å². The van der Waals surface area contributed by atoms with Crippen molar-refractivity contribution in [2.45, 2.75) is 41.1 Å². The van der Waals surface area contributed by atoms with Crippen LogP contribution in [0.25, 0.3) is 0 Å². The molecule has 0 radical (unpaired) electrons. The van der Waals surface area contributed by atoms with Gasteiger partial charge in [-0.3, -0.25) is 5.41 Å². The van der Waals surface area contributed by atoms with E-state index in [4.69, 9.17) is 15.8 Å². The Bertz CT molecular complexity index is 707. The molecular formula is C15H17BN2O4S. The summed E-state index contributed by atoms with van der Waals surface area (Å²) in [6.45, 7) is 0. The number of hydrogen-bond donors (Lipinski definition) is 4. The van der Waals surface area contributed by atoms with E-state index in [-0.39, 0.29) is 34.3 Å². The summed E-state index contributed by atoms with van der Waals surface area (Å²) in [6.07, 6.45) is 2.44. The second-order valence-electron chi connectivity index (χ2n) is 6.54. The van der Waals surface area contributed by atoms with Gasteiger partial charge in [0.1, 0.15) is 11.3 Å². The molecule has 2 saturated carbocycles. The van der Waals surface area contributed by atoms with Crippen LogP contribution in [0.1, 0.15) is 41.1 Å². The summed E-state index contributed by atoms with van der Waals surface area (Å²) in [5.74, 6) is -0.0581. The second kappa shape index (κ2) is 5.17. The molecule has 8 heteroatoms. The number of hydrogen-bond acceptors (Lipinski definition) is 5. The van der Waals surface area contributed by atoms with Crippen molar-refractivity contribution in [2.24, 2.45) is 11.7 Å². The molecule has 2 aliphatic carbocycles. The highest BCUT2D eigenvalue weighted by atomic mass is 32.2. The Morgan fingerprint density at radius 2 is 2.13 bits per heavy atom. The first-order valence-corrected chi connectivity index (χ1v) is 8.59. The summed E-state index contributed by atoms with van der Waals surface area (Å²) in [6, 6.07) is 3.78. The van der Waals surface area contributed by atoms with Crippen molar-refractivity contribution in [1.29, 1.82) is 5.41 Å². The molecule has 0 amide bonds. The molecule has 1 heterocycles. The third kappa shape index (κ3) is 2.40. The molecule has 0 aromatic heterocycles. The van der Waals surface area contributed by atoms with Crippen LogP contribution in [0.15, 0.2) is 17.0 Å². The van der Waals surface area contributed by atoms with Crippen molar-refractivity contribution in [3.8, 4) is 5.75 Å². The molecule has 0 saturated heterocycles. The van der Waals surface area contributed by atoms with Gasteiger partial charge in [-0.15, -0.1) is 11.8 Å². The quantitative estimate of drug-likeness (QED) is 0.380. The number of carboxylic acids is 1. The maximum Gasteiger partial charge on any atom is 0.526 e. The molecule has 0 spiro atoms. The monoisotopic (exact) mass is 332 g/mol.